The second kappa shape index (κ2) is 14.1. The molecule has 0 saturated carbocycles. The SMILES string of the molecule is C=C(C)C(=O)OCCCOc1c(C)cc(Cc2cc(C)c(OCC[CH2][Co](=[O])[C](=C)C)c(C)c2)cc1C. The fraction of sp³-hybridized carbons (Fsp3) is 0.433. The first-order valence-corrected chi connectivity index (χ1v) is 13.9. The van der Waals surface area contributed by atoms with Gasteiger partial charge < -0.3 is 9.47 Å². The van der Waals surface area contributed by atoms with E-state index in [-0.39, 0.29) is 5.97 Å². The van der Waals surface area contributed by atoms with Crippen LogP contribution in [0.4, 0.5) is 0 Å². The normalized spacial score (nSPS) is 11.1. The van der Waals surface area contributed by atoms with Crippen LogP contribution in [0, 0.1) is 27.7 Å². The van der Waals surface area contributed by atoms with Gasteiger partial charge >= 0.3 is 148 Å². The van der Waals surface area contributed by atoms with Crippen LogP contribution >= 0.6 is 0 Å². The second-order valence-corrected chi connectivity index (χ2v) is 11.5. The van der Waals surface area contributed by atoms with Crippen LogP contribution in [0.3, 0.4) is 0 Å². The molecule has 0 radical (unpaired) electrons. The van der Waals surface area contributed by atoms with Crippen molar-refractivity contribution in [1.82, 2.24) is 0 Å². The molecule has 0 amide bonds. The van der Waals surface area contributed by atoms with E-state index in [0.29, 0.717) is 37.2 Å². The standard InChI is InChI=1S/C27H35O4.C3H5.Co.O/c1-8-10-29-25-19(4)13-23(14-20(25)5)17-24-15-21(6)26(22(7)16-24)30-11-9-12-31-27(28)18(2)3;1-3-2;;/h13-16H,1-2,8-12,17H2,3-7H3;1H2,2H3;;. The van der Waals surface area contributed by atoms with Gasteiger partial charge in [-0.3, -0.25) is 0 Å². The number of esters is 1. The number of rotatable bonds is 14. The summed E-state index contributed by atoms with van der Waals surface area (Å²) < 4.78 is 29.7. The van der Waals surface area contributed by atoms with E-state index in [1.54, 1.807) is 6.92 Å². The predicted octanol–water partition coefficient (Wildman–Crippen LogP) is 7.08. The molecule has 2 aromatic carbocycles. The van der Waals surface area contributed by atoms with Crippen LogP contribution in [0.15, 0.2) is 47.5 Å². The smallest absolute Gasteiger partial charge is 0.0361 e. The van der Waals surface area contributed by atoms with E-state index in [9.17, 15) is 8.66 Å². The van der Waals surface area contributed by atoms with E-state index in [0.717, 1.165) is 51.1 Å². The monoisotopic (exact) mass is 539 g/mol. The van der Waals surface area contributed by atoms with Gasteiger partial charge in [-0.05, 0) is 20.8 Å². The number of ether oxygens (including phenoxy) is 3. The minimum Gasteiger partial charge on any atom is -0.0361 e. The summed E-state index contributed by atoms with van der Waals surface area (Å²) in [5.41, 5.74) is 7.25. The number of hydrogen-bond acceptors (Lipinski definition) is 5. The van der Waals surface area contributed by atoms with E-state index >= 15 is 0 Å². The summed E-state index contributed by atoms with van der Waals surface area (Å²) >= 11 is -1.32. The Morgan fingerprint density at radius 2 is 1.22 bits per heavy atom. The molecule has 0 aliphatic carbocycles. The van der Waals surface area contributed by atoms with Crippen LogP contribution < -0.4 is 9.47 Å². The summed E-state index contributed by atoms with van der Waals surface area (Å²) in [6.07, 6.45) is 2.19. The van der Waals surface area contributed by atoms with Crippen molar-refractivity contribution in [3.8, 4) is 11.5 Å². The third-order valence-electron chi connectivity index (χ3n) is 5.54. The molecule has 36 heavy (non-hydrogen) atoms. The van der Waals surface area contributed by atoms with E-state index in [2.05, 4.69) is 65.1 Å². The summed E-state index contributed by atoms with van der Waals surface area (Å²) in [5, 5.41) is 0.611. The van der Waals surface area contributed by atoms with E-state index < -0.39 is 13.6 Å². The Kier molecular flexibility index (Phi) is 11.6. The van der Waals surface area contributed by atoms with Gasteiger partial charge in [0.2, 0.25) is 0 Å². The molecule has 6 heteroatoms. The van der Waals surface area contributed by atoms with Crippen molar-refractivity contribution in [2.24, 2.45) is 0 Å². The Balaban J connectivity index is 1.96. The molecule has 0 aliphatic heterocycles. The fourth-order valence-corrected chi connectivity index (χ4v) is 4.90. The Labute approximate surface area is 220 Å². The minimum absolute atomic E-state index is 0.314. The van der Waals surface area contributed by atoms with Gasteiger partial charge in [-0.1, -0.05) is 6.58 Å². The van der Waals surface area contributed by atoms with Gasteiger partial charge in [0, 0.05) is 12.0 Å². The first-order valence-electron chi connectivity index (χ1n) is 12.2. The quantitative estimate of drug-likeness (QED) is 0.146. The van der Waals surface area contributed by atoms with Gasteiger partial charge in [-0.15, -0.1) is 0 Å². The molecule has 199 valence electrons. The van der Waals surface area contributed by atoms with Crippen molar-refractivity contribution in [3.63, 3.8) is 0 Å². The number of allylic oxidation sites excluding steroid dienone is 1. The van der Waals surface area contributed by atoms with Crippen molar-refractivity contribution in [3.05, 3.63) is 80.9 Å². The van der Waals surface area contributed by atoms with Crippen molar-refractivity contribution < 1.29 is 36.5 Å². The zero-order valence-corrected chi connectivity index (χ0v) is 23.6. The molecule has 0 aromatic heterocycles. The Morgan fingerprint density at radius 3 is 1.64 bits per heavy atom. The number of benzene rings is 2. The van der Waals surface area contributed by atoms with Crippen LogP contribution in [0.25, 0.3) is 0 Å². The molecule has 0 atom stereocenters. The molecular formula is C30H40CoO5. The van der Waals surface area contributed by atoms with Crippen LogP contribution in [0.5, 0.6) is 11.5 Å². The maximum atomic E-state index is 11.9. The second-order valence-electron chi connectivity index (χ2n) is 9.20. The van der Waals surface area contributed by atoms with E-state index in [4.69, 9.17) is 14.2 Å². The molecular weight excluding hydrogens is 499 g/mol. The predicted molar refractivity (Wildman–Crippen MR) is 141 cm³/mol. The van der Waals surface area contributed by atoms with Crippen molar-refractivity contribution in [2.45, 2.75) is 66.2 Å². The van der Waals surface area contributed by atoms with Gasteiger partial charge in [0.25, 0.3) is 0 Å². The number of aryl methyl sites for hydroxylation is 4. The van der Waals surface area contributed by atoms with Gasteiger partial charge in [0.15, 0.2) is 0 Å². The van der Waals surface area contributed by atoms with E-state index in [1.165, 1.54) is 11.1 Å². The molecule has 2 aromatic rings. The van der Waals surface area contributed by atoms with Crippen LogP contribution in [0.1, 0.15) is 60.1 Å². The third kappa shape index (κ3) is 9.06. The van der Waals surface area contributed by atoms with Gasteiger partial charge in [-0.2, -0.15) is 0 Å². The molecule has 0 spiro atoms. The van der Waals surface area contributed by atoms with Gasteiger partial charge in [0.1, 0.15) is 5.75 Å². The average Bonchev–Trinajstić information content (AvgIpc) is 2.78. The fourth-order valence-electron chi connectivity index (χ4n) is 3.97. The summed E-state index contributed by atoms with van der Waals surface area (Å²) in [6, 6.07) is 8.69. The molecule has 0 bridgehead atoms. The average molecular weight is 540 g/mol. The van der Waals surface area contributed by atoms with E-state index in [1.807, 2.05) is 6.92 Å². The molecule has 0 unspecified atom stereocenters. The number of carbonyl (C=O) groups excluding carboxylic acids is 1. The third-order valence-corrected chi connectivity index (χ3v) is 7.37. The topological polar surface area (TPSA) is 61.8 Å². The zero-order valence-electron chi connectivity index (χ0n) is 22.5. The number of carbonyl (C=O) groups is 1. The van der Waals surface area contributed by atoms with Gasteiger partial charge in [0.05, 0.1) is 13.2 Å². The maximum absolute atomic E-state index is 11.9. The van der Waals surface area contributed by atoms with Gasteiger partial charge in [-0.25, -0.2) is 4.79 Å². The summed E-state index contributed by atoms with van der Waals surface area (Å²) in [6.45, 7) is 20.4. The molecule has 0 saturated heterocycles. The molecule has 5 nitrogen and oxygen atoms in total. The summed E-state index contributed by atoms with van der Waals surface area (Å²) in [7, 11) is 0. The molecule has 0 N–H and O–H groups in total. The number of hydrogen-bond donors (Lipinski definition) is 0. The van der Waals surface area contributed by atoms with Crippen molar-refractivity contribution >= 4 is 5.97 Å². The van der Waals surface area contributed by atoms with Crippen molar-refractivity contribution in [2.75, 3.05) is 19.8 Å². The molecule has 2 rings (SSSR count). The molecule has 0 fully saturated rings. The Bertz CT molecular complexity index is 1090. The summed E-state index contributed by atoms with van der Waals surface area (Å²) in [4.78, 5) is 11.5. The molecule has 0 heterocycles. The van der Waals surface area contributed by atoms with Crippen LogP contribution in [-0.2, 0) is 33.4 Å². The first-order chi connectivity index (χ1) is 17.0. The summed E-state index contributed by atoms with van der Waals surface area (Å²) in [5.74, 6) is 1.43. The van der Waals surface area contributed by atoms with Crippen molar-refractivity contribution in [1.29, 1.82) is 0 Å². The minimum atomic E-state index is -1.32. The molecule has 0 aliphatic rings. The van der Waals surface area contributed by atoms with Crippen LogP contribution in [0.2, 0.25) is 5.36 Å². The van der Waals surface area contributed by atoms with Crippen LogP contribution in [-0.4, -0.2) is 25.8 Å². The Morgan fingerprint density at radius 1 is 0.778 bits per heavy atom. The Hall–Kier alpha value is -2.70. The zero-order chi connectivity index (χ0) is 26.8. The first kappa shape index (κ1) is 29.5.